The molecule has 6 nitrogen and oxygen atoms in total. The SMILES string of the molecule is COc1cccc(CNCCC(=O)NCc2cccnc2)c1OC. The van der Waals surface area contributed by atoms with Gasteiger partial charge < -0.3 is 20.1 Å². The van der Waals surface area contributed by atoms with Gasteiger partial charge in [0.25, 0.3) is 0 Å². The summed E-state index contributed by atoms with van der Waals surface area (Å²) in [6, 6.07) is 9.52. The lowest BCUT2D eigenvalue weighted by Gasteiger charge is -2.13. The Balaban J connectivity index is 1.72. The molecule has 1 amide bonds. The number of ether oxygens (including phenoxy) is 2. The second-order valence-corrected chi connectivity index (χ2v) is 5.22. The molecule has 2 N–H and O–H groups in total. The number of rotatable bonds is 9. The van der Waals surface area contributed by atoms with Crippen LogP contribution in [-0.4, -0.2) is 31.7 Å². The van der Waals surface area contributed by atoms with E-state index in [0.717, 1.165) is 11.1 Å². The fourth-order valence-corrected chi connectivity index (χ4v) is 2.31. The number of amides is 1. The van der Waals surface area contributed by atoms with Gasteiger partial charge in [0, 0.05) is 44.0 Å². The van der Waals surface area contributed by atoms with Gasteiger partial charge in [0.1, 0.15) is 0 Å². The summed E-state index contributed by atoms with van der Waals surface area (Å²) in [5.41, 5.74) is 1.98. The summed E-state index contributed by atoms with van der Waals surface area (Å²) in [6.07, 6.45) is 3.86. The molecule has 0 bridgehead atoms. The third-order valence-corrected chi connectivity index (χ3v) is 3.54. The normalized spacial score (nSPS) is 10.2. The number of methoxy groups -OCH3 is 2. The summed E-state index contributed by atoms with van der Waals surface area (Å²) in [4.78, 5) is 15.9. The minimum absolute atomic E-state index is 0.00367. The molecule has 0 saturated carbocycles. The van der Waals surface area contributed by atoms with E-state index < -0.39 is 0 Å². The van der Waals surface area contributed by atoms with Crippen molar-refractivity contribution in [3.63, 3.8) is 0 Å². The molecule has 0 atom stereocenters. The Labute approximate surface area is 142 Å². The van der Waals surface area contributed by atoms with E-state index in [1.54, 1.807) is 26.6 Å². The van der Waals surface area contributed by atoms with Gasteiger partial charge in [-0.3, -0.25) is 9.78 Å². The maximum absolute atomic E-state index is 11.8. The van der Waals surface area contributed by atoms with Crippen LogP contribution in [0, 0.1) is 0 Å². The van der Waals surface area contributed by atoms with Gasteiger partial charge in [0.15, 0.2) is 11.5 Å². The van der Waals surface area contributed by atoms with Crippen LogP contribution >= 0.6 is 0 Å². The molecule has 0 aliphatic heterocycles. The van der Waals surface area contributed by atoms with Gasteiger partial charge in [0.2, 0.25) is 5.91 Å². The first-order valence-corrected chi connectivity index (χ1v) is 7.80. The van der Waals surface area contributed by atoms with E-state index in [0.29, 0.717) is 37.6 Å². The number of hydrogen-bond donors (Lipinski definition) is 2. The molecule has 0 saturated heterocycles. The van der Waals surface area contributed by atoms with E-state index in [1.165, 1.54) is 0 Å². The van der Waals surface area contributed by atoms with Gasteiger partial charge >= 0.3 is 0 Å². The van der Waals surface area contributed by atoms with Gasteiger partial charge in [-0.25, -0.2) is 0 Å². The first kappa shape index (κ1) is 17.7. The van der Waals surface area contributed by atoms with E-state index in [9.17, 15) is 4.79 Å². The van der Waals surface area contributed by atoms with E-state index >= 15 is 0 Å². The second kappa shape index (κ2) is 9.52. The maximum atomic E-state index is 11.8. The van der Waals surface area contributed by atoms with Crippen LogP contribution in [0.2, 0.25) is 0 Å². The highest BCUT2D eigenvalue weighted by Crippen LogP contribution is 2.30. The van der Waals surface area contributed by atoms with Crippen LogP contribution < -0.4 is 20.1 Å². The molecule has 0 radical (unpaired) electrons. The summed E-state index contributed by atoms with van der Waals surface area (Å²) in [6.45, 7) is 1.69. The van der Waals surface area contributed by atoms with E-state index in [4.69, 9.17) is 9.47 Å². The molecule has 1 aromatic carbocycles. The third-order valence-electron chi connectivity index (χ3n) is 3.54. The Bertz CT molecular complexity index is 647. The fraction of sp³-hybridized carbons (Fsp3) is 0.333. The molecule has 0 spiro atoms. The average Bonchev–Trinajstić information content (AvgIpc) is 2.64. The average molecular weight is 329 g/mol. The molecule has 0 unspecified atom stereocenters. The Hall–Kier alpha value is -2.60. The molecule has 0 aliphatic rings. The van der Waals surface area contributed by atoms with Crippen molar-refractivity contribution in [2.75, 3.05) is 20.8 Å². The first-order valence-electron chi connectivity index (χ1n) is 7.80. The molecule has 2 rings (SSSR count). The van der Waals surface area contributed by atoms with E-state index in [2.05, 4.69) is 15.6 Å². The van der Waals surface area contributed by atoms with Crippen molar-refractivity contribution < 1.29 is 14.3 Å². The molecular weight excluding hydrogens is 306 g/mol. The number of nitrogens with one attached hydrogen (secondary N) is 2. The number of carbonyl (C=O) groups excluding carboxylic acids is 1. The van der Waals surface area contributed by atoms with Gasteiger partial charge in [0.05, 0.1) is 14.2 Å². The lowest BCUT2D eigenvalue weighted by atomic mass is 10.2. The molecule has 1 heterocycles. The van der Waals surface area contributed by atoms with Gasteiger partial charge in [-0.2, -0.15) is 0 Å². The summed E-state index contributed by atoms with van der Waals surface area (Å²) >= 11 is 0. The molecule has 128 valence electrons. The molecule has 24 heavy (non-hydrogen) atoms. The smallest absolute Gasteiger partial charge is 0.221 e. The summed E-state index contributed by atoms with van der Waals surface area (Å²) < 4.78 is 10.7. The van der Waals surface area contributed by atoms with Crippen molar-refractivity contribution in [1.29, 1.82) is 0 Å². The first-order chi connectivity index (χ1) is 11.7. The lowest BCUT2D eigenvalue weighted by Crippen LogP contribution is -2.27. The van der Waals surface area contributed by atoms with Gasteiger partial charge in [-0.05, 0) is 17.7 Å². The molecule has 1 aromatic heterocycles. The number of hydrogen-bond acceptors (Lipinski definition) is 5. The molecule has 0 aliphatic carbocycles. The minimum atomic E-state index is 0.00367. The van der Waals surface area contributed by atoms with Gasteiger partial charge in [-0.1, -0.05) is 18.2 Å². The van der Waals surface area contributed by atoms with Crippen LogP contribution in [0.5, 0.6) is 11.5 Å². The van der Waals surface area contributed by atoms with Crippen LogP contribution in [-0.2, 0) is 17.9 Å². The largest absolute Gasteiger partial charge is 0.493 e. The standard InChI is InChI=1S/C18H23N3O3/c1-23-16-7-3-6-15(18(16)24-2)13-20-10-8-17(22)21-12-14-5-4-9-19-11-14/h3-7,9,11,20H,8,10,12-13H2,1-2H3,(H,21,22). The van der Waals surface area contributed by atoms with Crippen LogP contribution in [0.25, 0.3) is 0 Å². The monoisotopic (exact) mass is 329 g/mol. The zero-order valence-corrected chi connectivity index (χ0v) is 14.0. The third kappa shape index (κ3) is 5.24. The Morgan fingerprint density at radius 2 is 2.00 bits per heavy atom. The van der Waals surface area contributed by atoms with Crippen molar-refractivity contribution in [3.8, 4) is 11.5 Å². The van der Waals surface area contributed by atoms with Crippen molar-refractivity contribution in [3.05, 3.63) is 53.9 Å². The van der Waals surface area contributed by atoms with Crippen LogP contribution in [0.1, 0.15) is 17.5 Å². The Kier molecular flexibility index (Phi) is 7.04. The minimum Gasteiger partial charge on any atom is -0.493 e. The molecule has 0 fully saturated rings. The highest BCUT2D eigenvalue weighted by molar-refractivity contribution is 5.76. The Morgan fingerprint density at radius 3 is 2.71 bits per heavy atom. The van der Waals surface area contributed by atoms with Crippen molar-refractivity contribution >= 4 is 5.91 Å². The van der Waals surface area contributed by atoms with Crippen LogP contribution in [0.3, 0.4) is 0 Å². The van der Waals surface area contributed by atoms with Crippen molar-refractivity contribution in [2.24, 2.45) is 0 Å². The topological polar surface area (TPSA) is 72.5 Å². The second-order valence-electron chi connectivity index (χ2n) is 5.22. The zero-order chi connectivity index (χ0) is 17.2. The maximum Gasteiger partial charge on any atom is 0.221 e. The van der Waals surface area contributed by atoms with Gasteiger partial charge in [-0.15, -0.1) is 0 Å². The fourth-order valence-electron chi connectivity index (χ4n) is 2.31. The molecule has 6 heteroatoms. The number of para-hydroxylation sites is 1. The number of pyridine rings is 1. The van der Waals surface area contributed by atoms with E-state index in [-0.39, 0.29) is 5.91 Å². The summed E-state index contributed by atoms with van der Waals surface area (Å²) in [5, 5.41) is 6.12. The van der Waals surface area contributed by atoms with E-state index in [1.807, 2.05) is 30.3 Å². The molecular formula is C18H23N3O3. The number of aromatic nitrogens is 1. The quantitative estimate of drug-likeness (QED) is 0.688. The molecule has 2 aromatic rings. The summed E-state index contributed by atoms with van der Waals surface area (Å²) in [7, 11) is 3.23. The summed E-state index contributed by atoms with van der Waals surface area (Å²) in [5.74, 6) is 1.42. The van der Waals surface area contributed by atoms with Crippen LogP contribution in [0.15, 0.2) is 42.7 Å². The Morgan fingerprint density at radius 1 is 1.12 bits per heavy atom. The highest BCUT2D eigenvalue weighted by Gasteiger charge is 2.09. The van der Waals surface area contributed by atoms with Crippen LogP contribution in [0.4, 0.5) is 0 Å². The van der Waals surface area contributed by atoms with Crippen molar-refractivity contribution in [1.82, 2.24) is 15.6 Å². The lowest BCUT2D eigenvalue weighted by molar-refractivity contribution is -0.121. The highest BCUT2D eigenvalue weighted by atomic mass is 16.5. The zero-order valence-electron chi connectivity index (χ0n) is 14.0. The predicted molar refractivity (Wildman–Crippen MR) is 92.0 cm³/mol. The number of benzene rings is 1. The predicted octanol–water partition coefficient (Wildman–Crippen LogP) is 1.89. The number of carbonyl (C=O) groups is 1. The number of nitrogens with zero attached hydrogens (tertiary/aromatic N) is 1. The van der Waals surface area contributed by atoms with Crippen molar-refractivity contribution in [2.45, 2.75) is 19.5 Å².